The molecule has 0 atom stereocenters. The maximum Gasteiger partial charge on any atom is 0.458 e. The van der Waals surface area contributed by atoms with Crippen LogP contribution in [0, 0.1) is 0 Å². The van der Waals surface area contributed by atoms with Gasteiger partial charge >= 0.3 is 66.7 Å². The SMILES string of the molecule is FC(F)(F)c1c(C(F)(F)C(F)(F)F)c(C(F)(F)C(F)(F)F)c(C(F)(F)C(F)(F)F)c(C(F)(F)C(F)(F)F)c1C(F)(F)C(F)(F)F. The van der Waals surface area contributed by atoms with Crippen molar-refractivity contribution in [1.29, 1.82) is 0 Å². The highest BCUT2D eigenvalue weighted by molar-refractivity contribution is 5.62. The second kappa shape index (κ2) is 10.1. The quantitative estimate of drug-likeness (QED) is 0.264. The van der Waals surface area contributed by atoms with Crippen LogP contribution in [0.5, 0.6) is 0 Å². The molecule has 28 heteroatoms. The first-order chi connectivity index (χ1) is 19.0. The van der Waals surface area contributed by atoms with Gasteiger partial charge in [-0.1, -0.05) is 0 Å². The maximum absolute atomic E-state index is 14.3. The summed E-state index contributed by atoms with van der Waals surface area (Å²) in [5.41, 5.74) is -36.8. The van der Waals surface area contributed by atoms with Crippen LogP contribution in [0.4, 0.5) is 123 Å². The Bertz CT molecular complexity index is 1190. The molecule has 0 saturated carbocycles. The molecule has 0 nitrogen and oxygen atoms in total. The summed E-state index contributed by atoms with van der Waals surface area (Å²) in [5.74, 6) is -43.9. The van der Waals surface area contributed by atoms with Gasteiger partial charge in [0.2, 0.25) is 0 Å². The largest absolute Gasteiger partial charge is 0.458 e. The highest BCUT2D eigenvalue weighted by Gasteiger charge is 2.78. The van der Waals surface area contributed by atoms with Crippen LogP contribution in [0.15, 0.2) is 0 Å². The zero-order valence-electron chi connectivity index (χ0n) is 19.1. The van der Waals surface area contributed by atoms with Crippen molar-refractivity contribution in [3.63, 3.8) is 0 Å². The van der Waals surface area contributed by atoms with Gasteiger partial charge in [0, 0.05) is 0 Å². The van der Waals surface area contributed by atoms with Crippen molar-refractivity contribution in [3.05, 3.63) is 33.4 Å². The van der Waals surface area contributed by atoms with E-state index in [0.29, 0.717) is 0 Å². The van der Waals surface area contributed by atoms with Crippen molar-refractivity contribution in [2.75, 3.05) is 0 Å². The molecule has 0 unspecified atom stereocenters. The third-order valence-corrected chi connectivity index (χ3v) is 5.13. The summed E-state index contributed by atoms with van der Waals surface area (Å²) in [6.07, 6.45) is -50.9. The molecule has 0 bridgehead atoms. The third-order valence-electron chi connectivity index (χ3n) is 5.13. The maximum atomic E-state index is 14.3. The number of hydrogen-bond acceptors (Lipinski definition) is 0. The molecular weight excluding hydrogens is 736 g/mol. The summed E-state index contributed by atoms with van der Waals surface area (Å²) in [7, 11) is 0. The number of alkyl halides is 28. The number of hydrogen-bond donors (Lipinski definition) is 0. The fourth-order valence-corrected chi connectivity index (χ4v) is 3.31. The molecule has 0 aromatic heterocycles. The molecule has 0 saturated heterocycles. The topological polar surface area (TPSA) is 0 Å². The van der Waals surface area contributed by atoms with Crippen molar-refractivity contribution in [2.45, 2.75) is 66.7 Å². The Morgan fingerprint density at radius 1 is 0.178 bits per heavy atom. The van der Waals surface area contributed by atoms with Crippen LogP contribution in [-0.2, 0) is 35.8 Å². The summed E-state index contributed by atoms with van der Waals surface area (Å²) in [6, 6.07) is 0. The van der Waals surface area contributed by atoms with E-state index in [1.54, 1.807) is 0 Å². The zero-order chi connectivity index (χ0) is 37.0. The van der Waals surface area contributed by atoms with Gasteiger partial charge in [0.15, 0.2) is 0 Å². The molecule has 0 aliphatic carbocycles. The van der Waals surface area contributed by atoms with Gasteiger partial charge < -0.3 is 0 Å². The van der Waals surface area contributed by atoms with Crippen LogP contribution in [0.2, 0.25) is 0 Å². The van der Waals surface area contributed by atoms with Gasteiger partial charge in [0.05, 0.1) is 33.4 Å². The Labute approximate surface area is 224 Å². The summed E-state index contributed by atoms with van der Waals surface area (Å²) >= 11 is 0. The van der Waals surface area contributed by atoms with Crippen molar-refractivity contribution in [2.24, 2.45) is 0 Å². The van der Waals surface area contributed by atoms with E-state index in [9.17, 15) is 123 Å². The van der Waals surface area contributed by atoms with Gasteiger partial charge in [-0.15, -0.1) is 0 Å². The highest BCUT2D eigenvalue weighted by Crippen LogP contribution is 2.66. The van der Waals surface area contributed by atoms with E-state index in [1.807, 2.05) is 0 Å². The van der Waals surface area contributed by atoms with Crippen LogP contribution in [0.3, 0.4) is 0 Å². The molecule has 0 radical (unpaired) electrons. The van der Waals surface area contributed by atoms with E-state index in [2.05, 4.69) is 0 Å². The molecule has 45 heavy (non-hydrogen) atoms. The van der Waals surface area contributed by atoms with Gasteiger partial charge in [-0.25, -0.2) is 0 Å². The van der Waals surface area contributed by atoms with E-state index >= 15 is 0 Å². The molecule has 0 spiro atoms. The van der Waals surface area contributed by atoms with E-state index in [1.165, 1.54) is 0 Å². The number of rotatable bonds is 5. The third kappa shape index (κ3) is 6.08. The van der Waals surface area contributed by atoms with E-state index in [0.717, 1.165) is 0 Å². The van der Waals surface area contributed by atoms with Crippen LogP contribution >= 0.6 is 0 Å². The van der Waals surface area contributed by atoms with Gasteiger partial charge in [-0.2, -0.15) is 123 Å². The average Bonchev–Trinajstić information content (AvgIpc) is 2.72. The first-order valence-corrected chi connectivity index (χ1v) is 9.54. The van der Waals surface area contributed by atoms with Crippen LogP contribution in [0.1, 0.15) is 33.4 Å². The molecule has 0 aliphatic heterocycles. The molecule has 0 N–H and O–H groups in total. The fraction of sp³-hybridized carbons (Fsp3) is 0.647. The average molecular weight is 736 g/mol. The Morgan fingerprint density at radius 2 is 0.289 bits per heavy atom. The van der Waals surface area contributed by atoms with E-state index in [-0.39, 0.29) is 0 Å². The lowest BCUT2D eigenvalue weighted by atomic mass is 9.75. The van der Waals surface area contributed by atoms with Crippen molar-refractivity contribution in [1.82, 2.24) is 0 Å². The molecule has 0 heterocycles. The van der Waals surface area contributed by atoms with Crippen LogP contribution < -0.4 is 0 Å². The molecule has 0 fully saturated rings. The Balaban J connectivity index is 5.68. The first kappa shape index (κ1) is 40.3. The predicted molar refractivity (Wildman–Crippen MR) is 81.2 cm³/mol. The van der Waals surface area contributed by atoms with Crippen molar-refractivity contribution >= 4 is 0 Å². The second-order valence-corrected chi connectivity index (χ2v) is 8.11. The van der Waals surface area contributed by atoms with Crippen molar-refractivity contribution in [3.8, 4) is 0 Å². The minimum absolute atomic E-state index is 5.99. The lowest BCUT2D eigenvalue weighted by molar-refractivity contribution is -0.317. The van der Waals surface area contributed by atoms with Crippen LogP contribution in [-0.4, -0.2) is 30.9 Å². The molecule has 0 amide bonds. The summed E-state index contributed by atoms with van der Waals surface area (Å²) in [4.78, 5) is 0. The normalized spacial score (nSPS) is 16.0. The van der Waals surface area contributed by atoms with E-state index < -0.39 is 100 Å². The molecule has 0 aliphatic rings. The fourth-order valence-electron chi connectivity index (χ4n) is 3.31. The first-order valence-electron chi connectivity index (χ1n) is 9.54. The van der Waals surface area contributed by atoms with Gasteiger partial charge in [-0.3, -0.25) is 0 Å². The Hall–Kier alpha value is -2.74. The standard InChI is InChI=1S/C17F28/c18-7(19,13(31,32)33)1-2(8(20,21)14(34,35)36)4(10(24,25)16(40,41)42)6(12(28,29)30)5(11(26,27)17(43,44)45)3(1)9(22,23)15(37,38)39. The van der Waals surface area contributed by atoms with Crippen LogP contribution in [0.25, 0.3) is 0 Å². The lowest BCUT2D eigenvalue weighted by Crippen LogP contribution is -2.51. The summed E-state index contributed by atoms with van der Waals surface area (Å²) < 4.78 is 379. The second-order valence-electron chi connectivity index (χ2n) is 8.11. The van der Waals surface area contributed by atoms with E-state index in [4.69, 9.17) is 0 Å². The lowest BCUT2D eigenvalue weighted by Gasteiger charge is -2.39. The summed E-state index contributed by atoms with van der Waals surface area (Å²) in [6.45, 7) is 0. The number of halogens is 28. The Morgan fingerprint density at radius 3 is 0.378 bits per heavy atom. The molecule has 1 aromatic carbocycles. The smallest absolute Gasteiger partial charge is 0.191 e. The molecular formula is C17F28. The zero-order valence-corrected chi connectivity index (χ0v) is 19.1. The van der Waals surface area contributed by atoms with Gasteiger partial charge in [-0.05, 0) is 0 Å². The molecule has 1 rings (SSSR count). The van der Waals surface area contributed by atoms with Crippen molar-refractivity contribution < 1.29 is 123 Å². The van der Waals surface area contributed by atoms with Gasteiger partial charge in [0.1, 0.15) is 0 Å². The predicted octanol–water partition coefficient (Wildman–Crippen LogP) is 11.0. The summed E-state index contributed by atoms with van der Waals surface area (Å²) in [5, 5.41) is 0. The van der Waals surface area contributed by atoms with Gasteiger partial charge in [0.25, 0.3) is 0 Å². The molecule has 1 aromatic rings. The molecule has 264 valence electrons. The number of benzene rings is 1. The highest BCUT2D eigenvalue weighted by atomic mass is 19.5. The Kier molecular flexibility index (Phi) is 9.07. The minimum Gasteiger partial charge on any atom is -0.191 e. The minimum atomic E-state index is -8.84. The monoisotopic (exact) mass is 736 g/mol.